The van der Waals surface area contributed by atoms with Crippen LogP contribution in [0.3, 0.4) is 0 Å². The van der Waals surface area contributed by atoms with Crippen LogP contribution < -0.4 is 10.5 Å². The van der Waals surface area contributed by atoms with Crippen molar-refractivity contribution < 1.29 is 9.84 Å². The van der Waals surface area contributed by atoms with Crippen LogP contribution in [0.4, 0.5) is 5.69 Å². The van der Waals surface area contributed by atoms with Gasteiger partial charge in [-0.15, -0.1) is 0 Å². The zero-order valence-corrected chi connectivity index (χ0v) is 14.9. The van der Waals surface area contributed by atoms with Gasteiger partial charge in [0.15, 0.2) is 0 Å². The maximum atomic E-state index is 8.73. The van der Waals surface area contributed by atoms with E-state index >= 15 is 0 Å². The molecule has 0 fully saturated rings. The standard InChI is InChI=1S/C22H27NO2/c1-2-20-17-19(11-14-22(20)23)8-7-18-9-12-21(13-10-18)25-16-6-4-3-5-15-24/h9-14,17,24H,2-6,15-16,23H2,1H3. The lowest BCUT2D eigenvalue weighted by molar-refractivity contribution is 0.273. The van der Waals surface area contributed by atoms with E-state index in [9.17, 15) is 0 Å². The highest BCUT2D eigenvalue weighted by molar-refractivity contribution is 5.53. The summed E-state index contributed by atoms with van der Waals surface area (Å²) in [6.07, 6.45) is 4.94. The second kappa shape index (κ2) is 10.4. The Labute approximate surface area is 150 Å². The molecule has 3 N–H and O–H groups in total. The Kier molecular flexibility index (Phi) is 7.88. The Morgan fingerprint density at radius 2 is 1.60 bits per heavy atom. The van der Waals surface area contributed by atoms with Crippen LogP contribution in [0.1, 0.15) is 49.3 Å². The Balaban J connectivity index is 1.86. The van der Waals surface area contributed by atoms with E-state index in [4.69, 9.17) is 15.6 Å². The summed E-state index contributed by atoms with van der Waals surface area (Å²) in [5.74, 6) is 7.24. The van der Waals surface area contributed by atoms with Gasteiger partial charge >= 0.3 is 0 Å². The number of rotatable bonds is 8. The lowest BCUT2D eigenvalue weighted by Gasteiger charge is -2.05. The Bertz CT molecular complexity index is 711. The molecule has 25 heavy (non-hydrogen) atoms. The van der Waals surface area contributed by atoms with Gasteiger partial charge < -0.3 is 15.6 Å². The number of hydrogen-bond acceptors (Lipinski definition) is 3. The highest BCUT2D eigenvalue weighted by Gasteiger charge is 1.98. The molecule has 0 aliphatic rings. The molecule has 0 unspecified atom stereocenters. The zero-order valence-electron chi connectivity index (χ0n) is 14.9. The van der Waals surface area contributed by atoms with Crippen LogP contribution in [-0.2, 0) is 6.42 Å². The minimum absolute atomic E-state index is 0.277. The molecule has 0 radical (unpaired) electrons. The number of aryl methyl sites for hydroxylation is 1. The maximum Gasteiger partial charge on any atom is 0.119 e. The molecule has 2 aromatic carbocycles. The lowest BCUT2D eigenvalue weighted by atomic mass is 10.1. The quantitative estimate of drug-likeness (QED) is 0.432. The van der Waals surface area contributed by atoms with Gasteiger partial charge in [0.1, 0.15) is 5.75 Å². The molecule has 3 heteroatoms. The van der Waals surface area contributed by atoms with Crippen LogP contribution in [0.5, 0.6) is 5.75 Å². The topological polar surface area (TPSA) is 55.5 Å². The largest absolute Gasteiger partial charge is 0.494 e. The van der Waals surface area contributed by atoms with Crippen molar-refractivity contribution in [1.29, 1.82) is 0 Å². The average Bonchev–Trinajstić information content (AvgIpc) is 2.65. The zero-order chi connectivity index (χ0) is 17.9. The van der Waals surface area contributed by atoms with E-state index in [-0.39, 0.29) is 6.61 Å². The molecule has 0 amide bonds. The van der Waals surface area contributed by atoms with Crippen molar-refractivity contribution in [2.45, 2.75) is 39.0 Å². The molecular weight excluding hydrogens is 310 g/mol. The molecule has 0 saturated carbocycles. The van der Waals surface area contributed by atoms with E-state index in [0.717, 1.165) is 60.2 Å². The number of hydrogen-bond donors (Lipinski definition) is 2. The van der Waals surface area contributed by atoms with E-state index in [1.54, 1.807) is 0 Å². The summed E-state index contributed by atoms with van der Waals surface area (Å²) in [5.41, 5.74) is 9.83. The molecule has 0 bridgehead atoms. The number of unbranched alkanes of at least 4 members (excludes halogenated alkanes) is 3. The number of benzene rings is 2. The minimum Gasteiger partial charge on any atom is -0.494 e. The Hall–Kier alpha value is -2.44. The molecule has 0 saturated heterocycles. The fourth-order valence-corrected chi connectivity index (χ4v) is 2.53. The first-order chi connectivity index (χ1) is 12.2. The van der Waals surface area contributed by atoms with Crippen LogP contribution in [0.15, 0.2) is 42.5 Å². The van der Waals surface area contributed by atoms with Crippen molar-refractivity contribution in [3.63, 3.8) is 0 Å². The van der Waals surface area contributed by atoms with Gasteiger partial charge in [-0.05, 0) is 73.7 Å². The summed E-state index contributed by atoms with van der Waals surface area (Å²) in [6, 6.07) is 13.8. The molecular formula is C22H27NO2. The third kappa shape index (κ3) is 6.52. The summed E-state index contributed by atoms with van der Waals surface area (Å²) < 4.78 is 5.72. The first-order valence-electron chi connectivity index (χ1n) is 8.97. The number of nitrogen functional groups attached to an aromatic ring is 1. The number of aliphatic hydroxyl groups is 1. The van der Waals surface area contributed by atoms with E-state index in [1.165, 1.54) is 0 Å². The maximum absolute atomic E-state index is 8.73. The van der Waals surface area contributed by atoms with Gasteiger partial charge in [0, 0.05) is 23.4 Å². The van der Waals surface area contributed by atoms with Crippen molar-refractivity contribution in [2.75, 3.05) is 18.9 Å². The highest BCUT2D eigenvalue weighted by Crippen LogP contribution is 2.15. The third-order valence-corrected chi connectivity index (χ3v) is 4.05. The average molecular weight is 337 g/mol. The van der Waals surface area contributed by atoms with Gasteiger partial charge in [-0.1, -0.05) is 25.2 Å². The summed E-state index contributed by atoms with van der Waals surface area (Å²) >= 11 is 0. The third-order valence-electron chi connectivity index (χ3n) is 4.05. The second-order valence-corrected chi connectivity index (χ2v) is 6.03. The predicted molar refractivity (Wildman–Crippen MR) is 104 cm³/mol. The first kappa shape index (κ1) is 18.9. The molecule has 0 heterocycles. The van der Waals surface area contributed by atoms with Crippen molar-refractivity contribution >= 4 is 5.69 Å². The van der Waals surface area contributed by atoms with Gasteiger partial charge in [-0.25, -0.2) is 0 Å². The molecule has 0 aliphatic heterocycles. The summed E-state index contributed by atoms with van der Waals surface area (Å²) in [6.45, 7) is 3.08. The van der Waals surface area contributed by atoms with Crippen LogP contribution in [0.25, 0.3) is 0 Å². The normalized spacial score (nSPS) is 10.2. The van der Waals surface area contributed by atoms with Crippen molar-refractivity contribution in [3.05, 3.63) is 59.2 Å². The van der Waals surface area contributed by atoms with Crippen LogP contribution >= 0.6 is 0 Å². The molecule has 0 aliphatic carbocycles. The lowest BCUT2D eigenvalue weighted by Crippen LogP contribution is -1.97. The van der Waals surface area contributed by atoms with E-state index in [0.29, 0.717) is 6.61 Å². The molecule has 0 spiro atoms. The van der Waals surface area contributed by atoms with Gasteiger partial charge in [0.05, 0.1) is 6.61 Å². The predicted octanol–water partition coefficient (Wildman–Crippen LogP) is 4.16. The SMILES string of the molecule is CCc1cc(C#Cc2ccc(OCCCCCCO)cc2)ccc1N. The van der Waals surface area contributed by atoms with Gasteiger partial charge in [-0.2, -0.15) is 0 Å². The highest BCUT2D eigenvalue weighted by atomic mass is 16.5. The number of ether oxygens (including phenoxy) is 1. The number of nitrogens with two attached hydrogens (primary N) is 1. The summed E-state index contributed by atoms with van der Waals surface area (Å²) in [4.78, 5) is 0. The first-order valence-corrected chi connectivity index (χ1v) is 8.97. The number of aliphatic hydroxyl groups excluding tert-OH is 1. The van der Waals surface area contributed by atoms with Crippen molar-refractivity contribution in [2.24, 2.45) is 0 Å². The summed E-state index contributed by atoms with van der Waals surface area (Å²) in [7, 11) is 0. The Morgan fingerprint density at radius 1 is 0.920 bits per heavy atom. The van der Waals surface area contributed by atoms with Crippen LogP contribution in [0, 0.1) is 11.8 Å². The van der Waals surface area contributed by atoms with E-state index < -0.39 is 0 Å². The smallest absolute Gasteiger partial charge is 0.119 e. The Morgan fingerprint density at radius 3 is 2.32 bits per heavy atom. The monoisotopic (exact) mass is 337 g/mol. The van der Waals surface area contributed by atoms with Crippen molar-refractivity contribution in [3.8, 4) is 17.6 Å². The molecule has 3 nitrogen and oxygen atoms in total. The van der Waals surface area contributed by atoms with E-state index in [1.807, 2.05) is 36.4 Å². The molecule has 0 aromatic heterocycles. The minimum atomic E-state index is 0.277. The van der Waals surface area contributed by atoms with Gasteiger partial charge in [0.25, 0.3) is 0 Å². The molecule has 2 rings (SSSR count). The van der Waals surface area contributed by atoms with Crippen molar-refractivity contribution in [1.82, 2.24) is 0 Å². The van der Waals surface area contributed by atoms with Gasteiger partial charge in [0.2, 0.25) is 0 Å². The molecule has 132 valence electrons. The second-order valence-electron chi connectivity index (χ2n) is 6.03. The van der Waals surface area contributed by atoms with Gasteiger partial charge in [-0.3, -0.25) is 0 Å². The van der Waals surface area contributed by atoms with Crippen LogP contribution in [0.2, 0.25) is 0 Å². The molecule has 0 atom stereocenters. The number of anilines is 1. The molecule has 2 aromatic rings. The van der Waals surface area contributed by atoms with Crippen LogP contribution in [-0.4, -0.2) is 18.3 Å². The fourth-order valence-electron chi connectivity index (χ4n) is 2.53. The van der Waals surface area contributed by atoms with E-state index in [2.05, 4.69) is 24.8 Å². The summed E-state index contributed by atoms with van der Waals surface area (Å²) in [5, 5.41) is 8.73. The fraction of sp³-hybridized carbons (Fsp3) is 0.364.